The summed E-state index contributed by atoms with van der Waals surface area (Å²) in [6.07, 6.45) is 0.113. The van der Waals surface area contributed by atoms with Gasteiger partial charge in [0.2, 0.25) is 5.91 Å². The van der Waals surface area contributed by atoms with Crippen molar-refractivity contribution in [2.45, 2.75) is 24.9 Å². The van der Waals surface area contributed by atoms with E-state index in [4.69, 9.17) is 5.73 Å². The van der Waals surface area contributed by atoms with Crippen LogP contribution in [0.25, 0.3) is 0 Å². The van der Waals surface area contributed by atoms with E-state index < -0.39 is 39.7 Å². The van der Waals surface area contributed by atoms with Gasteiger partial charge in [-0.3, -0.25) is 4.79 Å². The maximum Gasteiger partial charge on any atom is 0.312 e. The molecular weight excluding hydrogens is 325 g/mol. The highest BCUT2D eigenvalue weighted by atomic mass is 32.2. The van der Waals surface area contributed by atoms with Crippen molar-refractivity contribution in [3.63, 3.8) is 0 Å². The molecule has 1 aromatic rings. The van der Waals surface area contributed by atoms with E-state index in [-0.39, 0.29) is 23.5 Å². The van der Waals surface area contributed by atoms with E-state index in [9.17, 15) is 22.4 Å². The standard InChI is InChI=1S/C14H18FN3O4S/c15-11-4-2-1-3-10(11)12(18-14(16)20)7-13(19)17-9-5-6-23(21,22)8-9/h1-4,9,12H,5-8H2,(H,17,19)(H3,16,18,20)/t9-,12-/m0/s1. The Morgan fingerprint density at radius 3 is 2.61 bits per heavy atom. The third-order valence-electron chi connectivity index (χ3n) is 3.58. The van der Waals surface area contributed by atoms with Gasteiger partial charge < -0.3 is 16.4 Å². The summed E-state index contributed by atoms with van der Waals surface area (Å²) in [6, 6.07) is 3.47. The number of rotatable bonds is 5. The van der Waals surface area contributed by atoms with Gasteiger partial charge in [-0.05, 0) is 12.5 Å². The number of urea groups is 1. The van der Waals surface area contributed by atoms with E-state index in [0.717, 1.165) is 0 Å². The van der Waals surface area contributed by atoms with Crippen molar-refractivity contribution in [1.82, 2.24) is 10.6 Å². The lowest BCUT2D eigenvalue weighted by molar-refractivity contribution is -0.122. The maximum atomic E-state index is 13.8. The van der Waals surface area contributed by atoms with Crippen molar-refractivity contribution in [3.8, 4) is 0 Å². The second kappa shape index (κ2) is 6.95. The first-order valence-corrected chi connectivity index (χ1v) is 8.89. The van der Waals surface area contributed by atoms with Crippen LogP contribution in [0.3, 0.4) is 0 Å². The van der Waals surface area contributed by atoms with Gasteiger partial charge in [0.15, 0.2) is 9.84 Å². The summed E-state index contributed by atoms with van der Waals surface area (Å²) >= 11 is 0. The quantitative estimate of drug-likeness (QED) is 0.709. The third-order valence-corrected chi connectivity index (χ3v) is 5.35. The second-order valence-electron chi connectivity index (χ2n) is 5.45. The molecule has 7 nitrogen and oxygen atoms in total. The molecule has 3 amide bonds. The Labute approximate surface area is 133 Å². The van der Waals surface area contributed by atoms with Gasteiger partial charge in [0.1, 0.15) is 5.82 Å². The number of sulfone groups is 1. The summed E-state index contributed by atoms with van der Waals surface area (Å²) in [6.45, 7) is 0. The van der Waals surface area contributed by atoms with E-state index in [2.05, 4.69) is 10.6 Å². The molecule has 2 rings (SSSR count). The van der Waals surface area contributed by atoms with Crippen molar-refractivity contribution in [2.75, 3.05) is 11.5 Å². The molecule has 0 aliphatic carbocycles. The average molecular weight is 343 g/mol. The number of halogens is 1. The van der Waals surface area contributed by atoms with Crippen LogP contribution in [0.2, 0.25) is 0 Å². The molecule has 9 heteroatoms. The van der Waals surface area contributed by atoms with Crippen LogP contribution in [0.4, 0.5) is 9.18 Å². The zero-order valence-electron chi connectivity index (χ0n) is 12.3. The van der Waals surface area contributed by atoms with Crippen molar-refractivity contribution in [3.05, 3.63) is 35.6 Å². The number of hydrogen-bond acceptors (Lipinski definition) is 4. The first-order chi connectivity index (χ1) is 10.8. The fourth-order valence-corrected chi connectivity index (χ4v) is 4.22. The third kappa shape index (κ3) is 4.92. The molecule has 1 aliphatic rings. The van der Waals surface area contributed by atoms with Crippen molar-refractivity contribution < 1.29 is 22.4 Å². The minimum absolute atomic E-state index is 0.0359. The Morgan fingerprint density at radius 2 is 2.04 bits per heavy atom. The predicted octanol–water partition coefficient (Wildman–Crippen LogP) is 0.229. The van der Waals surface area contributed by atoms with Crippen LogP contribution in [0.1, 0.15) is 24.4 Å². The van der Waals surface area contributed by atoms with Crippen LogP contribution < -0.4 is 16.4 Å². The summed E-state index contributed by atoms with van der Waals surface area (Å²) < 4.78 is 36.6. The number of benzene rings is 1. The van der Waals surface area contributed by atoms with Crippen molar-refractivity contribution >= 4 is 21.8 Å². The van der Waals surface area contributed by atoms with Gasteiger partial charge in [0, 0.05) is 11.6 Å². The Kier molecular flexibility index (Phi) is 5.19. The van der Waals surface area contributed by atoms with E-state index in [1.807, 2.05) is 0 Å². The fourth-order valence-electron chi connectivity index (χ4n) is 2.55. The number of primary amides is 1. The number of nitrogens with one attached hydrogen (secondary N) is 2. The summed E-state index contributed by atoms with van der Waals surface area (Å²) in [5, 5.41) is 4.92. The molecule has 1 heterocycles. The molecule has 1 aromatic carbocycles. The SMILES string of the molecule is NC(=O)N[C@@H](CC(=O)N[C@H]1CCS(=O)(=O)C1)c1ccccc1F. The first-order valence-electron chi connectivity index (χ1n) is 7.07. The van der Waals surface area contributed by atoms with Gasteiger partial charge in [0.25, 0.3) is 0 Å². The number of nitrogens with two attached hydrogens (primary N) is 1. The van der Waals surface area contributed by atoms with Crippen LogP contribution in [0.15, 0.2) is 24.3 Å². The molecule has 0 unspecified atom stereocenters. The number of amides is 3. The summed E-state index contributed by atoms with van der Waals surface area (Å²) in [5.41, 5.74) is 5.21. The van der Waals surface area contributed by atoms with Gasteiger partial charge in [-0.2, -0.15) is 0 Å². The molecule has 0 spiro atoms. The molecule has 23 heavy (non-hydrogen) atoms. The smallest absolute Gasteiger partial charge is 0.312 e. The van der Waals surface area contributed by atoms with Gasteiger partial charge >= 0.3 is 6.03 Å². The minimum atomic E-state index is -3.11. The number of carbonyl (C=O) groups is 2. The van der Waals surface area contributed by atoms with E-state index in [1.165, 1.54) is 18.2 Å². The molecule has 0 radical (unpaired) electrons. The highest BCUT2D eigenvalue weighted by Gasteiger charge is 2.30. The van der Waals surface area contributed by atoms with Gasteiger partial charge in [0.05, 0.1) is 24.0 Å². The lowest BCUT2D eigenvalue weighted by Gasteiger charge is -2.19. The van der Waals surface area contributed by atoms with E-state index in [0.29, 0.717) is 6.42 Å². The van der Waals surface area contributed by atoms with E-state index in [1.54, 1.807) is 6.07 Å². The Balaban J connectivity index is 2.04. The summed E-state index contributed by atoms with van der Waals surface area (Å²) in [4.78, 5) is 23.1. The molecule has 1 saturated heterocycles. The Hall–Kier alpha value is -2.16. The lowest BCUT2D eigenvalue weighted by Crippen LogP contribution is -2.40. The zero-order chi connectivity index (χ0) is 17.0. The van der Waals surface area contributed by atoms with Crippen molar-refractivity contribution in [1.29, 1.82) is 0 Å². The normalized spacial score (nSPS) is 20.7. The highest BCUT2D eigenvalue weighted by molar-refractivity contribution is 7.91. The largest absolute Gasteiger partial charge is 0.352 e. The van der Waals surface area contributed by atoms with Crippen LogP contribution in [-0.2, 0) is 14.6 Å². The molecule has 1 aliphatic heterocycles. The van der Waals surface area contributed by atoms with Crippen LogP contribution >= 0.6 is 0 Å². The van der Waals surface area contributed by atoms with Gasteiger partial charge in [-0.1, -0.05) is 18.2 Å². The summed E-state index contributed by atoms with van der Waals surface area (Å²) in [5.74, 6) is -1.11. The molecule has 4 N–H and O–H groups in total. The highest BCUT2D eigenvalue weighted by Crippen LogP contribution is 2.20. The molecule has 0 bridgehead atoms. The number of hydrogen-bond donors (Lipinski definition) is 3. The van der Waals surface area contributed by atoms with Crippen LogP contribution in [-0.4, -0.2) is 37.9 Å². The summed E-state index contributed by atoms with van der Waals surface area (Å²) in [7, 11) is -3.11. The van der Waals surface area contributed by atoms with E-state index >= 15 is 0 Å². The first kappa shape index (κ1) is 17.2. The Bertz CT molecular complexity index is 708. The average Bonchev–Trinajstić information content (AvgIpc) is 2.77. The van der Waals surface area contributed by atoms with Crippen LogP contribution in [0.5, 0.6) is 0 Å². The molecule has 2 atom stereocenters. The minimum Gasteiger partial charge on any atom is -0.352 e. The zero-order valence-corrected chi connectivity index (χ0v) is 13.1. The molecule has 0 saturated carbocycles. The molecule has 126 valence electrons. The monoisotopic (exact) mass is 343 g/mol. The molecule has 1 fully saturated rings. The lowest BCUT2D eigenvalue weighted by atomic mass is 10.0. The topological polar surface area (TPSA) is 118 Å². The Morgan fingerprint density at radius 1 is 1.35 bits per heavy atom. The maximum absolute atomic E-state index is 13.8. The fraction of sp³-hybridized carbons (Fsp3) is 0.429. The van der Waals surface area contributed by atoms with Gasteiger partial charge in [-0.15, -0.1) is 0 Å². The predicted molar refractivity (Wildman–Crippen MR) is 81.7 cm³/mol. The van der Waals surface area contributed by atoms with Crippen LogP contribution in [0, 0.1) is 5.82 Å². The number of carbonyl (C=O) groups excluding carboxylic acids is 2. The second-order valence-corrected chi connectivity index (χ2v) is 7.68. The van der Waals surface area contributed by atoms with Gasteiger partial charge in [-0.25, -0.2) is 17.6 Å². The molecular formula is C14H18FN3O4S. The molecule has 0 aromatic heterocycles. The van der Waals surface area contributed by atoms with Crippen molar-refractivity contribution in [2.24, 2.45) is 5.73 Å².